The van der Waals surface area contributed by atoms with Gasteiger partial charge in [-0.3, -0.25) is 4.79 Å². The Morgan fingerprint density at radius 1 is 1.40 bits per heavy atom. The Labute approximate surface area is 115 Å². The van der Waals surface area contributed by atoms with Crippen molar-refractivity contribution in [1.82, 2.24) is 10.5 Å². The molecule has 0 aliphatic heterocycles. The van der Waals surface area contributed by atoms with E-state index in [1.165, 1.54) is 6.07 Å². The van der Waals surface area contributed by atoms with Gasteiger partial charge in [0.1, 0.15) is 11.6 Å². The molecule has 2 rings (SSSR count). The van der Waals surface area contributed by atoms with E-state index in [1.807, 2.05) is 6.92 Å². The average molecular weight is 277 g/mol. The van der Waals surface area contributed by atoms with Crippen molar-refractivity contribution < 1.29 is 13.7 Å². The van der Waals surface area contributed by atoms with E-state index in [0.29, 0.717) is 11.5 Å². The lowest BCUT2D eigenvalue weighted by molar-refractivity contribution is 0.0939. The zero-order chi connectivity index (χ0) is 14.9. The van der Waals surface area contributed by atoms with E-state index in [2.05, 4.69) is 10.5 Å². The maximum absolute atomic E-state index is 13.2. The third kappa shape index (κ3) is 2.79. The first kappa shape index (κ1) is 14.0. The number of nitrogen functional groups attached to an aromatic ring is 1. The van der Waals surface area contributed by atoms with E-state index in [0.717, 1.165) is 17.7 Å². The molecule has 0 spiro atoms. The Hall–Kier alpha value is -2.37. The molecule has 1 aromatic carbocycles. The van der Waals surface area contributed by atoms with Gasteiger partial charge in [0.2, 0.25) is 0 Å². The van der Waals surface area contributed by atoms with Gasteiger partial charge in [0.15, 0.2) is 0 Å². The largest absolute Gasteiger partial charge is 0.399 e. The van der Waals surface area contributed by atoms with Gasteiger partial charge < -0.3 is 15.6 Å². The second-order valence-electron chi connectivity index (χ2n) is 4.71. The molecule has 0 bridgehead atoms. The van der Waals surface area contributed by atoms with E-state index in [9.17, 15) is 9.18 Å². The first-order chi connectivity index (χ1) is 9.38. The standard InChI is InChI=1S/C14H16FN3O2/c1-7(13-8(2)18-20-9(13)3)17-14(19)10-4-11(15)6-12(16)5-10/h4-7H,16H2,1-3H3,(H,17,19). The molecule has 2 aromatic rings. The van der Waals surface area contributed by atoms with Crippen molar-refractivity contribution in [2.75, 3.05) is 5.73 Å². The highest BCUT2D eigenvalue weighted by Gasteiger charge is 2.19. The Kier molecular flexibility index (Phi) is 3.74. The van der Waals surface area contributed by atoms with Gasteiger partial charge in [0, 0.05) is 16.8 Å². The Morgan fingerprint density at radius 2 is 2.10 bits per heavy atom. The Bertz CT molecular complexity index is 612. The van der Waals surface area contributed by atoms with Crippen LogP contribution < -0.4 is 11.1 Å². The zero-order valence-corrected chi connectivity index (χ0v) is 11.5. The summed E-state index contributed by atoms with van der Waals surface area (Å²) in [5.74, 6) is -0.294. The van der Waals surface area contributed by atoms with E-state index in [-0.39, 0.29) is 17.3 Å². The van der Waals surface area contributed by atoms with Crippen molar-refractivity contribution in [3.8, 4) is 0 Å². The van der Waals surface area contributed by atoms with Gasteiger partial charge in [0.05, 0.1) is 11.7 Å². The van der Waals surface area contributed by atoms with Crippen LogP contribution in [-0.4, -0.2) is 11.1 Å². The van der Waals surface area contributed by atoms with Gasteiger partial charge in [-0.2, -0.15) is 0 Å². The smallest absolute Gasteiger partial charge is 0.251 e. The molecule has 1 heterocycles. The number of carbonyl (C=O) groups excluding carboxylic acids is 1. The molecule has 0 radical (unpaired) electrons. The van der Waals surface area contributed by atoms with Crippen molar-refractivity contribution in [1.29, 1.82) is 0 Å². The number of hydrogen-bond acceptors (Lipinski definition) is 4. The normalized spacial score (nSPS) is 12.2. The molecular weight excluding hydrogens is 261 g/mol. The van der Waals surface area contributed by atoms with E-state index < -0.39 is 11.7 Å². The number of nitrogens with one attached hydrogen (secondary N) is 1. The van der Waals surface area contributed by atoms with Crippen LogP contribution in [0.5, 0.6) is 0 Å². The number of nitrogens with zero attached hydrogens (tertiary/aromatic N) is 1. The molecule has 0 aliphatic carbocycles. The van der Waals surface area contributed by atoms with E-state index in [4.69, 9.17) is 10.3 Å². The molecule has 6 heteroatoms. The van der Waals surface area contributed by atoms with Gasteiger partial charge in [-0.05, 0) is 39.0 Å². The fourth-order valence-corrected chi connectivity index (χ4v) is 2.20. The van der Waals surface area contributed by atoms with Crippen LogP contribution >= 0.6 is 0 Å². The summed E-state index contributed by atoms with van der Waals surface area (Å²) in [5, 5.41) is 6.61. The topological polar surface area (TPSA) is 81.2 Å². The van der Waals surface area contributed by atoms with Crippen LogP contribution in [0.2, 0.25) is 0 Å². The number of carbonyl (C=O) groups is 1. The third-order valence-corrected chi connectivity index (χ3v) is 3.05. The fraction of sp³-hybridized carbons (Fsp3) is 0.286. The summed E-state index contributed by atoms with van der Waals surface area (Å²) in [6.45, 7) is 5.39. The fourth-order valence-electron chi connectivity index (χ4n) is 2.20. The maximum Gasteiger partial charge on any atom is 0.251 e. The minimum absolute atomic E-state index is 0.182. The second-order valence-corrected chi connectivity index (χ2v) is 4.71. The summed E-state index contributed by atoms with van der Waals surface area (Å²) in [7, 11) is 0. The molecule has 1 unspecified atom stereocenters. The van der Waals surface area contributed by atoms with Gasteiger partial charge in [-0.15, -0.1) is 0 Å². The van der Waals surface area contributed by atoms with Crippen molar-refractivity contribution in [3.63, 3.8) is 0 Å². The molecule has 0 aliphatic rings. The molecule has 0 saturated carbocycles. The first-order valence-corrected chi connectivity index (χ1v) is 6.18. The summed E-state index contributed by atoms with van der Waals surface area (Å²) in [6.07, 6.45) is 0. The molecule has 0 fully saturated rings. The molecule has 1 atom stereocenters. The molecular formula is C14H16FN3O2. The van der Waals surface area contributed by atoms with Gasteiger partial charge in [-0.25, -0.2) is 4.39 Å². The lowest BCUT2D eigenvalue weighted by Gasteiger charge is -2.14. The van der Waals surface area contributed by atoms with Crippen LogP contribution in [0.1, 0.15) is 40.3 Å². The maximum atomic E-state index is 13.2. The molecule has 3 N–H and O–H groups in total. The summed E-state index contributed by atoms with van der Waals surface area (Å²) < 4.78 is 18.3. The first-order valence-electron chi connectivity index (χ1n) is 6.18. The molecule has 106 valence electrons. The van der Waals surface area contributed by atoms with Crippen molar-refractivity contribution in [2.45, 2.75) is 26.8 Å². The predicted octanol–water partition coefficient (Wildman–Crippen LogP) is 2.50. The highest BCUT2D eigenvalue weighted by atomic mass is 19.1. The Morgan fingerprint density at radius 3 is 2.65 bits per heavy atom. The zero-order valence-electron chi connectivity index (χ0n) is 11.5. The number of halogens is 1. The number of aromatic nitrogens is 1. The monoisotopic (exact) mass is 277 g/mol. The number of anilines is 1. The number of amides is 1. The SMILES string of the molecule is Cc1noc(C)c1C(C)NC(=O)c1cc(N)cc(F)c1. The van der Waals surface area contributed by atoms with Crippen LogP contribution in [0.4, 0.5) is 10.1 Å². The quantitative estimate of drug-likeness (QED) is 0.845. The summed E-state index contributed by atoms with van der Waals surface area (Å²) in [4.78, 5) is 12.1. The molecule has 5 nitrogen and oxygen atoms in total. The summed E-state index contributed by atoms with van der Waals surface area (Å²) in [6, 6.07) is 3.44. The number of rotatable bonds is 3. The van der Waals surface area contributed by atoms with Crippen LogP contribution in [0, 0.1) is 19.7 Å². The van der Waals surface area contributed by atoms with Crippen molar-refractivity contribution in [3.05, 3.63) is 46.6 Å². The lowest BCUT2D eigenvalue weighted by Crippen LogP contribution is -2.27. The summed E-state index contributed by atoms with van der Waals surface area (Å²) in [5.41, 5.74) is 7.45. The summed E-state index contributed by atoms with van der Waals surface area (Å²) >= 11 is 0. The molecule has 1 aromatic heterocycles. The predicted molar refractivity (Wildman–Crippen MR) is 72.7 cm³/mol. The van der Waals surface area contributed by atoms with Crippen LogP contribution in [-0.2, 0) is 0 Å². The number of benzene rings is 1. The molecule has 1 amide bonds. The van der Waals surface area contributed by atoms with E-state index >= 15 is 0 Å². The highest BCUT2D eigenvalue weighted by molar-refractivity contribution is 5.95. The lowest BCUT2D eigenvalue weighted by atomic mass is 10.1. The van der Waals surface area contributed by atoms with Gasteiger partial charge in [-0.1, -0.05) is 5.16 Å². The minimum Gasteiger partial charge on any atom is -0.399 e. The van der Waals surface area contributed by atoms with E-state index in [1.54, 1.807) is 13.8 Å². The molecule has 0 saturated heterocycles. The third-order valence-electron chi connectivity index (χ3n) is 3.05. The Balaban J connectivity index is 2.19. The van der Waals surface area contributed by atoms with Crippen LogP contribution in [0.15, 0.2) is 22.7 Å². The number of aryl methyl sites for hydroxylation is 2. The molecule has 20 heavy (non-hydrogen) atoms. The highest BCUT2D eigenvalue weighted by Crippen LogP contribution is 2.21. The number of nitrogens with two attached hydrogens (primary N) is 1. The second kappa shape index (κ2) is 5.32. The van der Waals surface area contributed by atoms with Gasteiger partial charge in [0.25, 0.3) is 5.91 Å². The van der Waals surface area contributed by atoms with Gasteiger partial charge >= 0.3 is 0 Å². The minimum atomic E-state index is -0.542. The average Bonchev–Trinajstić information content (AvgIpc) is 2.67. The van der Waals surface area contributed by atoms with Crippen LogP contribution in [0.3, 0.4) is 0 Å². The van der Waals surface area contributed by atoms with Crippen molar-refractivity contribution in [2.24, 2.45) is 0 Å². The van der Waals surface area contributed by atoms with Crippen molar-refractivity contribution >= 4 is 11.6 Å². The van der Waals surface area contributed by atoms with Crippen LogP contribution in [0.25, 0.3) is 0 Å². The number of hydrogen-bond donors (Lipinski definition) is 2.